The van der Waals surface area contributed by atoms with E-state index in [4.69, 9.17) is 28.3 Å². The first-order valence-corrected chi connectivity index (χ1v) is 28.3. The third kappa shape index (κ3) is 48.5. The van der Waals surface area contributed by atoms with Crippen molar-refractivity contribution >= 4 is 27.6 Å². The lowest BCUT2D eigenvalue weighted by Crippen LogP contribution is -2.30. The highest BCUT2D eigenvalue weighted by atomic mass is 31.2. The van der Waals surface area contributed by atoms with Crippen molar-refractivity contribution in [2.75, 3.05) is 26.4 Å². The molecule has 16 heteroatoms. The van der Waals surface area contributed by atoms with Crippen molar-refractivity contribution in [1.29, 1.82) is 0 Å². The monoisotopic (exact) mass is 979 g/mol. The van der Waals surface area contributed by atoms with Crippen LogP contribution in [0.3, 0.4) is 0 Å². The highest BCUT2D eigenvalue weighted by Crippen LogP contribution is 2.44. The summed E-state index contributed by atoms with van der Waals surface area (Å²) in [4.78, 5) is 52.9. The molecule has 0 rings (SSSR count). The average Bonchev–Trinajstić information content (AvgIpc) is 3.26. The summed E-state index contributed by atoms with van der Waals surface area (Å²) in [6.07, 6.45) is 43.1. The van der Waals surface area contributed by atoms with E-state index in [1.165, 1.54) is 96.3 Å². The van der Waals surface area contributed by atoms with Crippen LogP contribution >= 0.6 is 15.6 Å². The Bertz CT molecular complexity index is 1380. The van der Waals surface area contributed by atoms with Gasteiger partial charge in [-0.05, 0) is 57.3 Å². The Hall–Kier alpha value is -1.96. The highest BCUT2D eigenvalue weighted by molar-refractivity contribution is 7.47. The molecule has 4 atom stereocenters. The van der Waals surface area contributed by atoms with Crippen LogP contribution < -0.4 is 0 Å². The minimum atomic E-state index is -4.88. The molecule has 0 heterocycles. The highest BCUT2D eigenvalue weighted by Gasteiger charge is 2.28. The number of aliphatic hydroxyl groups is 2. The van der Waals surface area contributed by atoms with Crippen LogP contribution in [0.2, 0.25) is 0 Å². The van der Waals surface area contributed by atoms with Gasteiger partial charge in [0.1, 0.15) is 12.7 Å². The van der Waals surface area contributed by atoms with E-state index in [0.717, 1.165) is 57.3 Å². The number of esters is 2. The van der Waals surface area contributed by atoms with Gasteiger partial charge in [-0.3, -0.25) is 23.2 Å². The van der Waals surface area contributed by atoms with Crippen LogP contribution in [-0.4, -0.2) is 81.6 Å². The van der Waals surface area contributed by atoms with E-state index < -0.39 is 66.2 Å². The van der Waals surface area contributed by atoms with Gasteiger partial charge in [-0.15, -0.1) is 0 Å². The van der Waals surface area contributed by atoms with Gasteiger partial charge in [0.15, 0.2) is 6.10 Å². The van der Waals surface area contributed by atoms with Crippen LogP contribution in [0.25, 0.3) is 0 Å². The molecule has 5 N–H and O–H groups in total. The lowest BCUT2D eigenvalue weighted by atomic mass is 10.0. The maximum Gasteiger partial charge on any atom is 0.472 e. The summed E-state index contributed by atoms with van der Waals surface area (Å²) in [5, 5.41) is 19.5. The number of phosphoric ester groups is 2. The lowest BCUT2D eigenvalue weighted by molar-refractivity contribution is -0.161. The molecule has 0 aromatic carbocycles. The average molecular weight is 979 g/mol. The lowest BCUT2D eigenvalue weighted by Gasteiger charge is -2.20. The van der Waals surface area contributed by atoms with Gasteiger partial charge in [0, 0.05) is 12.8 Å². The first-order valence-electron chi connectivity index (χ1n) is 25.3. The Balaban J connectivity index is 4.48. The fourth-order valence-electron chi connectivity index (χ4n) is 6.89. The summed E-state index contributed by atoms with van der Waals surface area (Å²) in [7, 11) is -9.71. The Labute approximate surface area is 399 Å². The number of ether oxygens (including phenoxy) is 2. The predicted molar refractivity (Wildman–Crippen MR) is 264 cm³/mol. The van der Waals surface area contributed by atoms with Crippen molar-refractivity contribution in [2.24, 2.45) is 5.92 Å². The number of allylic oxidation sites excluding steroid dienone is 7. The summed E-state index contributed by atoms with van der Waals surface area (Å²) < 4.78 is 47.9. The molecule has 0 fully saturated rings. The van der Waals surface area contributed by atoms with Crippen molar-refractivity contribution < 1.29 is 66.7 Å². The normalized spacial score (nSPS) is 14.8. The van der Waals surface area contributed by atoms with E-state index in [9.17, 15) is 33.8 Å². The summed E-state index contributed by atoms with van der Waals surface area (Å²) in [6, 6.07) is 0. The number of hydrogen-bond acceptors (Lipinski definition) is 11. The molecular weight excluding hydrogens is 886 g/mol. The number of rotatable bonds is 47. The number of carbonyl (C=O) groups excluding carboxylic acids is 2. The van der Waals surface area contributed by atoms with Crippen molar-refractivity contribution in [2.45, 2.75) is 225 Å². The smallest absolute Gasteiger partial charge is 0.462 e. The molecule has 0 amide bonds. The SMILES string of the molecule is CCCC(O)C/C=C\C/C=C\C/C=C\C/C=C\CCCC(=O)OC[C@H](COP(=O)(O)OC[C@@H](O)COP(=O)(O)O)OC(=O)CCCCCCCCCCCCCCCCCCCCC(C)C. The van der Waals surface area contributed by atoms with Crippen LogP contribution in [0.15, 0.2) is 48.6 Å². The maximum absolute atomic E-state index is 12.7. The number of hydrogen-bond donors (Lipinski definition) is 5. The molecule has 0 saturated carbocycles. The van der Waals surface area contributed by atoms with Gasteiger partial charge in [0.2, 0.25) is 0 Å². The van der Waals surface area contributed by atoms with E-state index in [1.54, 1.807) is 0 Å². The third-order valence-corrected chi connectivity index (χ3v) is 12.1. The molecule has 0 spiro atoms. The number of phosphoric acid groups is 2. The fourth-order valence-corrected chi connectivity index (χ4v) is 8.05. The summed E-state index contributed by atoms with van der Waals surface area (Å²) in [5.41, 5.74) is 0. The molecule has 0 aliphatic heterocycles. The zero-order chi connectivity index (χ0) is 49.0. The predicted octanol–water partition coefficient (Wildman–Crippen LogP) is 12.6. The second kappa shape index (κ2) is 44.3. The van der Waals surface area contributed by atoms with Crippen LogP contribution in [0.5, 0.6) is 0 Å². The van der Waals surface area contributed by atoms with Gasteiger partial charge in [0.05, 0.1) is 25.9 Å². The molecule has 2 unspecified atom stereocenters. The van der Waals surface area contributed by atoms with Crippen LogP contribution in [0.1, 0.15) is 207 Å². The minimum Gasteiger partial charge on any atom is -0.462 e. The van der Waals surface area contributed by atoms with Gasteiger partial charge < -0.3 is 34.4 Å². The van der Waals surface area contributed by atoms with Crippen LogP contribution in [0, 0.1) is 5.92 Å². The van der Waals surface area contributed by atoms with E-state index in [2.05, 4.69) is 55.7 Å². The molecule has 0 aromatic rings. The molecule has 0 radical (unpaired) electrons. The molecule has 386 valence electrons. The Morgan fingerprint density at radius 2 is 0.939 bits per heavy atom. The Morgan fingerprint density at radius 1 is 0.500 bits per heavy atom. The van der Waals surface area contributed by atoms with Gasteiger partial charge in [-0.2, -0.15) is 0 Å². The number of unbranched alkanes of at least 4 members (excludes halogenated alkanes) is 18. The maximum atomic E-state index is 12.7. The first kappa shape index (κ1) is 64.0. The van der Waals surface area contributed by atoms with Crippen LogP contribution in [0.4, 0.5) is 0 Å². The molecule has 0 bridgehead atoms. The summed E-state index contributed by atoms with van der Waals surface area (Å²) in [5.74, 6) is -0.283. The zero-order valence-electron chi connectivity index (χ0n) is 41.1. The topological polar surface area (TPSA) is 216 Å². The van der Waals surface area contributed by atoms with E-state index in [0.29, 0.717) is 25.7 Å². The molecule has 0 saturated heterocycles. The molecule has 0 aliphatic rings. The van der Waals surface area contributed by atoms with Gasteiger partial charge in [-0.25, -0.2) is 9.13 Å². The van der Waals surface area contributed by atoms with Crippen LogP contribution in [-0.2, 0) is 41.8 Å². The van der Waals surface area contributed by atoms with Gasteiger partial charge >= 0.3 is 27.6 Å². The summed E-state index contributed by atoms with van der Waals surface area (Å²) >= 11 is 0. The van der Waals surface area contributed by atoms with Crippen molar-refractivity contribution in [3.8, 4) is 0 Å². The largest absolute Gasteiger partial charge is 0.472 e. The fraction of sp³-hybridized carbons (Fsp3) is 0.800. The van der Waals surface area contributed by atoms with Crippen molar-refractivity contribution in [3.63, 3.8) is 0 Å². The number of carbonyl (C=O) groups is 2. The van der Waals surface area contributed by atoms with E-state index >= 15 is 0 Å². The van der Waals surface area contributed by atoms with Gasteiger partial charge in [-0.1, -0.05) is 191 Å². The molecular formula is C50H92O14P2. The van der Waals surface area contributed by atoms with Crippen molar-refractivity contribution in [3.05, 3.63) is 48.6 Å². The Morgan fingerprint density at radius 3 is 1.44 bits per heavy atom. The number of aliphatic hydroxyl groups excluding tert-OH is 2. The van der Waals surface area contributed by atoms with Gasteiger partial charge in [0.25, 0.3) is 0 Å². The summed E-state index contributed by atoms with van der Waals surface area (Å²) in [6.45, 7) is 3.87. The first-order chi connectivity index (χ1) is 31.6. The molecule has 0 aliphatic carbocycles. The quantitative estimate of drug-likeness (QED) is 0.0166. The zero-order valence-corrected chi connectivity index (χ0v) is 42.9. The second-order valence-electron chi connectivity index (χ2n) is 17.8. The van der Waals surface area contributed by atoms with Crippen molar-refractivity contribution in [1.82, 2.24) is 0 Å². The third-order valence-electron chi connectivity index (χ3n) is 10.7. The van der Waals surface area contributed by atoms with E-state index in [-0.39, 0.29) is 18.9 Å². The molecule has 0 aromatic heterocycles. The molecule has 14 nitrogen and oxygen atoms in total. The van der Waals surface area contributed by atoms with E-state index in [1.807, 2.05) is 18.2 Å². The molecule has 66 heavy (non-hydrogen) atoms. The minimum absolute atomic E-state index is 0.105. The second-order valence-corrected chi connectivity index (χ2v) is 20.4. The standard InChI is InChI=1S/C50H92O14P2/c1-4-36-46(51)38-33-29-25-21-17-13-11-15-18-22-26-30-34-39-49(53)60-43-48(44-63-66(58,59)62-42-47(52)41-61-65(55,56)57)64-50(54)40-35-31-27-23-19-14-10-8-6-5-7-9-12-16-20-24-28-32-37-45(2)3/h11,15,17,21-22,26,29,33,45-48,51-52H,4-10,12-14,16,18-20,23-25,27-28,30-32,34-44H2,1-3H3,(H,58,59)(H2,55,56,57)/b15-11-,21-17-,26-22-,33-29-/t46?,47-,48+/m0/s1. The Kier molecular flexibility index (Phi) is 42.9.